The maximum atomic E-state index is 12.7. The molecule has 2 aliphatic carbocycles. The van der Waals surface area contributed by atoms with E-state index in [9.17, 15) is 9.59 Å². The van der Waals surface area contributed by atoms with Gasteiger partial charge in [-0.2, -0.15) is 10.1 Å². The van der Waals surface area contributed by atoms with E-state index >= 15 is 0 Å². The van der Waals surface area contributed by atoms with Crippen LogP contribution in [0.3, 0.4) is 0 Å². The number of rotatable bonds is 5. The molecule has 2 bridgehead atoms. The van der Waals surface area contributed by atoms with E-state index in [-0.39, 0.29) is 41.6 Å². The van der Waals surface area contributed by atoms with Crippen molar-refractivity contribution in [3.63, 3.8) is 0 Å². The number of methoxy groups -OCH3 is 1. The predicted molar refractivity (Wildman–Crippen MR) is 104 cm³/mol. The Labute approximate surface area is 166 Å². The zero-order chi connectivity index (χ0) is 19.3. The number of carbonyl (C=O) groups excluding carboxylic acids is 2. The number of hydrogen-bond acceptors (Lipinski definition) is 5. The van der Waals surface area contributed by atoms with Gasteiger partial charge in [-0.25, -0.2) is 0 Å². The second-order valence-corrected chi connectivity index (χ2v) is 8.29. The summed E-state index contributed by atoms with van der Waals surface area (Å²) in [7, 11) is 1.56. The molecule has 0 radical (unpaired) electrons. The van der Waals surface area contributed by atoms with E-state index in [4.69, 9.17) is 9.47 Å². The first-order valence-corrected chi connectivity index (χ1v) is 9.84. The third-order valence-corrected chi connectivity index (χ3v) is 5.96. The van der Waals surface area contributed by atoms with E-state index in [0.29, 0.717) is 17.1 Å². The first-order valence-electron chi connectivity index (χ1n) is 9.05. The van der Waals surface area contributed by atoms with Crippen molar-refractivity contribution in [1.29, 1.82) is 0 Å². The number of carbonyl (C=O) groups is 2. The van der Waals surface area contributed by atoms with E-state index in [1.807, 2.05) is 19.9 Å². The summed E-state index contributed by atoms with van der Waals surface area (Å²) in [5, 5.41) is 5.25. The topological polar surface area (TPSA) is 68.2 Å². The SMILES string of the molecule is COc1cc(C=NN2C(=O)[C@@H]3[C@H](C2=O)[C@H]2C=C[C@H]3C2)cc(Br)c1OC(C)C. The summed E-state index contributed by atoms with van der Waals surface area (Å²) in [6.45, 7) is 3.87. The molecule has 2 amide bonds. The smallest absolute Gasteiger partial charge is 0.254 e. The van der Waals surface area contributed by atoms with Crippen molar-refractivity contribution in [1.82, 2.24) is 5.01 Å². The molecule has 4 atom stereocenters. The van der Waals surface area contributed by atoms with Gasteiger partial charge in [0.05, 0.1) is 35.7 Å². The molecular formula is C20H21BrN2O4. The Morgan fingerprint density at radius 1 is 1.19 bits per heavy atom. The number of fused-ring (bicyclic) bond motifs is 5. The normalized spacial score (nSPS) is 28.7. The van der Waals surface area contributed by atoms with Crippen LogP contribution in [0.5, 0.6) is 11.5 Å². The molecule has 1 saturated heterocycles. The van der Waals surface area contributed by atoms with Crippen LogP contribution in [-0.4, -0.2) is 36.3 Å². The van der Waals surface area contributed by atoms with Crippen molar-refractivity contribution in [3.8, 4) is 11.5 Å². The van der Waals surface area contributed by atoms with Gasteiger partial charge in [-0.15, -0.1) is 0 Å². The number of ether oxygens (including phenoxy) is 2. The summed E-state index contributed by atoms with van der Waals surface area (Å²) in [6, 6.07) is 3.59. The van der Waals surface area contributed by atoms with E-state index < -0.39 is 0 Å². The van der Waals surface area contributed by atoms with Crippen LogP contribution in [0.15, 0.2) is 33.9 Å². The molecule has 1 saturated carbocycles. The molecule has 142 valence electrons. The highest BCUT2D eigenvalue weighted by molar-refractivity contribution is 9.10. The molecule has 2 fully saturated rings. The molecule has 1 aliphatic heterocycles. The molecular weight excluding hydrogens is 412 g/mol. The summed E-state index contributed by atoms with van der Waals surface area (Å²) < 4.78 is 11.9. The second-order valence-electron chi connectivity index (χ2n) is 7.43. The van der Waals surface area contributed by atoms with Crippen LogP contribution in [-0.2, 0) is 9.59 Å². The number of hydrazone groups is 1. The quantitative estimate of drug-likeness (QED) is 0.406. The number of halogens is 1. The van der Waals surface area contributed by atoms with Crippen molar-refractivity contribution in [2.45, 2.75) is 26.4 Å². The van der Waals surface area contributed by atoms with Gasteiger partial charge < -0.3 is 9.47 Å². The molecule has 0 unspecified atom stereocenters. The minimum absolute atomic E-state index is 0.00190. The van der Waals surface area contributed by atoms with Gasteiger partial charge in [0.1, 0.15) is 0 Å². The highest BCUT2D eigenvalue weighted by atomic mass is 79.9. The Balaban J connectivity index is 1.58. The summed E-state index contributed by atoms with van der Waals surface area (Å²) in [6.07, 6.45) is 6.56. The zero-order valence-corrected chi connectivity index (χ0v) is 17.0. The largest absolute Gasteiger partial charge is 0.493 e. The van der Waals surface area contributed by atoms with Crippen molar-refractivity contribution >= 4 is 34.0 Å². The second kappa shape index (κ2) is 6.78. The summed E-state index contributed by atoms with van der Waals surface area (Å²) >= 11 is 3.49. The van der Waals surface area contributed by atoms with Crippen LogP contribution in [0.25, 0.3) is 0 Å². The van der Waals surface area contributed by atoms with Crippen molar-refractivity contribution in [2.75, 3.05) is 7.11 Å². The van der Waals surface area contributed by atoms with Gasteiger partial charge in [0.15, 0.2) is 11.5 Å². The van der Waals surface area contributed by atoms with Gasteiger partial charge in [0.25, 0.3) is 11.8 Å². The number of amides is 2. The van der Waals surface area contributed by atoms with Gasteiger partial charge in [-0.3, -0.25) is 9.59 Å². The third-order valence-electron chi connectivity index (χ3n) is 5.37. The number of benzene rings is 1. The minimum Gasteiger partial charge on any atom is -0.493 e. The highest BCUT2D eigenvalue weighted by Crippen LogP contribution is 2.52. The summed E-state index contributed by atoms with van der Waals surface area (Å²) in [5.41, 5.74) is 0.702. The molecule has 4 rings (SSSR count). The van der Waals surface area contributed by atoms with Crippen LogP contribution in [0.1, 0.15) is 25.8 Å². The molecule has 27 heavy (non-hydrogen) atoms. The first kappa shape index (κ1) is 18.2. The van der Waals surface area contributed by atoms with E-state index in [0.717, 1.165) is 15.9 Å². The summed E-state index contributed by atoms with van der Waals surface area (Å²) in [4.78, 5) is 25.4. The summed E-state index contributed by atoms with van der Waals surface area (Å²) in [5.74, 6) is 0.651. The number of hydrogen-bond donors (Lipinski definition) is 0. The number of imide groups is 1. The van der Waals surface area contributed by atoms with Crippen LogP contribution < -0.4 is 9.47 Å². The van der Waals surface area contributed by atoms with Gasteiger partial charge in [0.2, 0.25) is 0 Å². The molecule has 0 aromatic heterocycles. The van der Waals surface area contributed by atoms with E-state index in [1.165, 1.54) is 6.21 Å². The molecule has 7 heteroatoms. The molecule has 1 aromatic carbocycles. The Morgan fingerprint density at radius 3 is 2.37 bits per heavy atom. The Morgan fingerprint density at radius 2 is 1.81 bits per heavy atom. The van der Waals surface area contributed by atoms with Gasteiger partial charge in [0, 0.05) is 0 Å². The van der Waals surface area contributed by atoms with Crippen molar-refractivity contribution in [2.24, 2.45) is 28.8 Å². The lowest BCUT2D eigenvalue weighted by Gasteiger charge is -2.16. The number of allylic oxidation sites excluding steroid dienone is 2. The standard InChI is InChI=1S/C20H21BrN2O4/c1-10(2)27-18-14(21)6-11(7-15(18)26-3)9-22-23-19(24)16-12-4-5-13(8-12)17(16)20(23)25/h4-7,9-10,12-13,16-17H,8H2,1-3H3/t12-,13-,16-,17+/m0/s1. The lowest BCUT2D eigenvalue weighted by atomic mass is 9.85. The maximum Gasteiger partial charge on any atom is 0.254 e. The molecule has 1 aromatic rings. The molecule has 3 aliphatic rings. The maximum absolute atomic E-state index is 12.7. The molecule has 0 N–H and O–H groups in total. The van der Waals surface area contributed by atoms with Gasteiger partial charge in [-0.05, 0) is 65.7 Å². The lowest BCUT2D eigenvalue weighted by Crippen LogP contribution is -2.28. The average Bonchev–Trinajstić information content (AvgIpc) is 3.29. The molecule has 6 nitrogen and oxygen atoms in total. The van der Waals surface area contributed by atoms with Crippen molar-refractivity contribution in [3.05, 3.63) is 34.3 Å². The van der Waals surface area contributed by atoms with Crippen molar-refractivity contribution < 1.29 is 19.1 Å². The average molecular weight is 433 g/mol. The van der Waals surface area contributed by atoms with Crippen LogP contribution in [0.4, 0.5) is 0 Å². The first-order chi connectivity index (χ1) is 12.9. The van der Waals surface area contributed by atoms with Crippen LogP contribution in [0, 0.1) is 23.7 Å². The molecule has 1 heterocycles. The fourth-order valence-corrected chi connectivity index (χ4v) is 4.84. The number of nitrogens with zero attached hydrogens (tertiary/aromatic N) is 2. The Hall–Kier alpha value is -2.15. The van der Waals surface area contributed by atoms with Gasteiger partial charge in [-0.1, -0.05) is 12.2 Å². The third kappa shape index (κ3) is 2.98. The predicted octanol–water partition coefficient (Wildman–Crippen LogP) is 3.39. The van der Waals surface area contributed by atoms with Gasteiger partial charge >= 0.3 is 0 Å². The van der Waals surface area contributed by atoms with E-state index in [1.54, 1.807) is 13.2 Å². The van der Waals surface area contributed by atoms with E-state index in [2.05, 4.69) is 33.2 Å². The van der Waals surface area contributed by atoms with Crippen LogP contribution >= 0.6 is 15.9 Å². The Bertz CT molecular complexity index is 834. The fraction of sp³-hybridized carbons (Fsp3) is 0.450. The Kier molecular flexibility index (Phi) is 4.58. The monoisotopic (exact) mass is 432 g/mol. The molecule has 0 spiro atoms. The lowest BCUT2D eigenvalue weighted by molar-refractivity contribution is -0.140. The van der Waals surface area contributed by atoms with Crippen LogP contribution in [0.2, 0.25) is 0 Å². The minimum atomic E-state index is -0.243. The fourth-order valence-electron chi connectivity index (χ4n) is 4.29. The zero-order valence-electron chi connectivity index (χ0n) is 15.4. The highest BCUT2D eigenvalue weighted by Gasteiger charge is 2.59.